The molecule has 13 heavy (non-hydrogen) atoms. The zero-order chi connectivity index (χ0) is 10.3. The summed E-state index contributed by atoms with van der Waals surface area (Å²) in [4.78, 5) is 10.0. The Balaban J connectivity index is 0.000000243. The van der Waals surface area contributed by atoms with Crippen LogP contribution in [0.4, 0.5) is 0 Å². The first-order valence-corrected chi connectivity index (χ1v) is 5.04. The van der Waals surface area contributed by atoms with Crippen molar-refractivity contribution < 1.29 is 9.90 Å². The van der Waals surface area contributed by atoms with Crippen LogP contribution >= 0.6 is 0 Å². The Morgan fingerprint density at radius 1 is 1.15 bits per heavy atom. The van der Waals surface area contributed by atoms with Crippen molar-refractivity contribution in [3.05, 3.63) is 0 Å². The number of carbonyl (C=O) groups is 1. The first-order valence-electron chi connectivity index (χ1n) is 5.04. The number of rotatable bonds is 2. The molecule has 1 aliphatic rings. The lowest BCUT2D eigenvalue weighted by Gasteiger charge is -2.07. The highest BCUT2D eigenvalue weighted by Crippen LogP contribution is 2.15. The van der Waals surface area contributed by atoms with E-state index in [-0.39, 0.29) is 5.92 Å². The van der Waals surface area contributed by atoms with Crippen molar-refractivity contribution in [2.45, 2.75) is 52.0 Å². The van der Waals surface area contributed by atoms with Gasteiger partial charge in [0.05, 0.1) is 0 Å². The van der Waals surface area contributed by atoms with Crippen LogP contribution in [0.2, 0.25) is 0 Å². The van der Waals surface area contributed by atoms with E-state index in [2.05, 4.69) is 0 Å². The highest BCUT2D eigenvalue weighted by Gasteiger charge is 2.14. The first kappa shape index (κ1) is 12.4. The highest BCUT2D eigenvalue weighted by molar-refractivity contribution is 5.73. The minimum absolute atomic E-state index is 0.0208. The second-order valence-corrected chi connectivity index (χ2v) is 3.88. The predicted molar refractivity (Wildman–Crippen MR) is 53.5 cm³/mol. The minimum atomic E-state index is -0.931. The van der Waals surface area contributed by atoms with Crippen LogP contribution in [0.3, 0.4) is 0 Å². The largest absolute Gasteiger partial charge is 0.480 e. The van der Waals surface area contributed by atoms with Gasteiger partial charge in [-0.1, -0.05) is 46.0 Å². The van der Waals surface area contributed by atoms with Gasteiger partial charge in [0.25, 0.3) is 0 Å². The summed E-state index contributed by atoms with van der Waals surface area (Å²) in [7, 11) is 0. The molecule has 0 aromatic rings. The molecule has 1 saturated carbocycles. The lowest BCUT2D eigenvalue weighted by atomic mass is 10.1. The molecule has 3 heteroatoms. The molecule has 3 N–H and O–H groups in total. The summed E-state index contributed by atoms with van der Waals surface area (Å²) >= 11 is 0. The van der Waals surface area contributed by atoms with Gasteiger partial charge in [-0.2, -0.15) is 0 Å². The summed E-state index contributed by atoms with van der Waals surface area (Å²) < 4.78 is 0. The van der Waals surface area contributed by atoms with Crippen LogP contribution in [-0.2, 0) is 4.79 Å². The number of carboxylic acid groups (broad SMARTS) is 1. The SMILES string of the molecule is C1CCCC1.CC(C)[C@H](N)C(=O)O. The van der Waals surface area contributed by atoms with E-state index < -0.39 is 12.0 Å². The summed E-state index contributed by atoms with van der Waals surface area (Å²) in [6.45, 7) is 3.55. The van der Waals surface area contributed by atoms with Crippen molar-refractivity contribution in [3.8, 4) is 0 Å². The van der Waals surface area contributed by atoms with E-state index in [0.717, 1.165) is 0 Å². The number of carboxylic acids is 1. The van der Waals surface area contributed by atoms with Crippen LogP contribution in [0, 0.1) is 5.92 Å². The van der Waals surface area contributed by atoms with Gasteiger partial charge in [-0.3, -0.25) is 4.79 Å². The lowest BCUT2D eigenvalue weighted by Crippen LogP contribution is -2.34. The van der Waals surface area contributed by atoms with Crippen LogP contribution in [0.25, 0.3) is 0 Å². The van der Waals surface area contributed by atoms with Gasteiger partial charge in [0, 0.05) is 0 Å². The van der Waals surface area contributed by atoms with Gasteiger partial charge in [-0.15, -0.1) is 0 Å². The zero-order valence-electron chi connectivity index (χ0n) is 8.62. The summed E-state index contributed by atoms with van der Waals surface area (Å²) in [5, 5.41) is 8.23. The molecule has 0 spiro atoms. The Morgan fingerprint density at radius 2 is 1.46 bits per heavy atom. The van der Waals surface area contributed by atoms with Crippen molar-refractivity contribution in [1.29, 1.82) is 0 Å². The summed E-state index contributed by atoms with van der Waals surface area (Å²) in [6, 6.07) is -0.713. The number of nitrogens with two attached hydrogens (primary N) is 1. The van der Waals surface area contributed by atoms with Gasteiger partial charge in [-0.05, 0) is 5.92 Å². The normalized spacial score (nSPS) is 17.8. The van der Waals surface area contributed by atoms with Gasteiger partial charge >= 0.3 is 5.97 Å². The molecule has 0 bridgehead atoms. The van der Waals surface area contributed by atoms with Gasteiger partial charge in [-0.25, -0.2) is 0 Å². The molecule has 1 fully saturated rings. The van der Waals surface area contributed by atoms with Gasteiger partial charge in [0.2, 0.25) is 0 Å². The minimum Gasteiger partial charge on any atom is -0.480 e. The third kappa shape index (κ3) is 6.58. The molecule has 1 aliphatic carbocycles. The Bertz CT molecular complexity index is 134. The molecule has 0 aliphatic heterocycles. The van der Waals surface area contributed by atoms with Gasteiger partial charge in [0.1, 0.15) is 6.04 Å². The smallest absolute Gasteiger partial charge is 0.320 e. The van der Waals surface area contributed by atoms with E-state index in [1.165, 1.54) is 32.1 Å². The van der Waals surface area contributed by atoms with Crippen molar-refractivity contribution in [2.75, 3.05) is 0 Å². The van der Waals surface area contributed by atoms with E-state index in [1.54, 1.807) is 13.8 Å². The maximum absolute atomic E-state index is 10.0. The van der Waals surface area contributed by atoms with Crippen LogP contribution in [0.1, 0.15) is 46.0 Å². The average molecular weight is 187 g/mol. The third-order valence-electron chi connectivity index (χ3n) is 2.25. The molecule has 0 aromatic carbocycles. The summed E-state index contributed by atoms with van der Waals surface area (Å²) in [5.41, 5.74) is 5.16. The maximum Gasteiger partial charge on any atom is 0.320 e. The quantitative estimate of drug-likeness (QED) is 0.695. The third-order valence-corrected chi connectivity index (χ3v) is 2.25. The van der Waals surface area contributed by atoms with E-state index in [0.29, 0.717) is 0 Å². The fraction of sp³-hybridized carbons (Fsp3) is 0.900. The lowest BCUT2D eigenvalue weighted by molar-refractivity contribution is -0.139. The molecule has 0 unspecified atom stereocenters. The van der Waals surface area contributed by atoms with Crippen LogP contribution in [0.15, 0.2) is 0 Å². The predicted octanol–water partition coefficient (Wildman–Crippen LogP) is 2.00. The first-order chi connectivity index (χ1) is 6.05. The van der Waals surface area contributed by atoms with Crippen molar-refractivity contribution in [2.24, 2.45) is 11.7 Å². The molecule has 3 nitrogen and oxygen atoms in total. The zero-order valence-corrected chi connectivity index (χ0v) is 8.62. The molecule has 0 amide bonds. The van der Waals surface area contributed by atoms with Crippen LogP contribution in [-0.4, -0.2) is 17.1 Å². The van der Waals surface area contributed by atoms with E-state index in [1.807, 2.05) is 0 Å². The summed E-state index contributed by atoms with van der Waals surface area (Å²) in [5.74, 6) is -0.910. The van der Waals surface area contributed by atoms with E-state index >= 15 is 0 Å². The monoisotopic (exact) mass is 187 g/mol. The van der Waals surface area contributed by atoms with Crippen molar-refractivity contribution in [3.63, 3.8) is 0 Å². The maximum atomic E-state index is 10.0. The fourth-order valence-electron chi connectivity index (χ4n) is 1.17. The second kappa shape index (κ2) is 6.89. The molecular weight excluding hydrogens is 166 g/mol. The van der Waals surface area contributed by atoms with Crippen LogP contribution in [0.5, 0.6) is 0 Å². The molecule has 78 valence electrons. The Morgan fingerprint density at radius 3 is 1.54 bits per heavy atom. The molecule has 0 aromatic heterocycles. The fourth-order valence-corrected chi connectivity index (χ4v) is 1.17. The van der Waals surface area contributed by atoms with Gasteiger partial charge in [0.15, 0.2) is 0 Å². The Labute approximate surface area is 80.3 Å². The number of hydrogen-bond donors (Lipinski definition) is 2. The number of aliphatic carboxylic acids is 1. The Kier molecular flexibility index (Phi) is 6.59. The topological polar surface area (TPSA) is 63.3 Å². The number of hydrogen-bond acceptors (Lipinski definition) is 2. The molecule has 0 heterocycles. The van der Waals surface area contributed by atoms with Gasteiger partial charge < -0.3 is 10.8 Å². The Hall–Kier alpha value is -0.570. The summed E-state index contributed by atoms with van der Waals surface area (Å²) in [6.07, 6.45) is 7.50. The average Bonchev–Trinajstić information content (AvgIpc) is 2.59. The van der Waals surface area contributed by atoms with Crippen molar-refractivity contribution >= 4 is 5.97 Å². The molecule has 1 atom stereocenters. The van der Waals surface area contributed by atoms with E-state index in [9.17, 15) is 4.79 Å². The molecule has 0 saturated heterocycles. The molecule has 1 rings (SSSR count). The standard InChI is InChI=1S/C5H11NO2.C5H10/c1-3(2)4(6)5(7)8;1-2-4-5-3-1/h3-4H,6H2,1-2H3,(H,7,8);1-5H2/t4-;/m0./s1. The highest BCUT2D eigenvalue weighted by atomic mass is 16.4. The molecular formula is C10H21NO2. The van der Waals surface area contributed by atoms with Crippen LogP contribution < -0.4 is 5.73 Å². The molecule has 0 radical (unpaired) electrons. The van der Waals surface area contributed by atoms with Crippen molar-refractivity contribution in [1.82, 2.24) is 0 Å². The second-order valence-electron chi connectivity index (χ2n) is 3.88. The van der Waals surface area contributed by atoms with E-state index in [4.69, 9.17) is 10.8 Å².